The van der Waals surface area contributed by atoms with Gasteiger partial charge in [0.1, 0.15) is 17.3 Å². The molecule has 2 rings (SSSR count). The zero-order valence-corrected chi connectivity index (χ0v) is 12.7. The van der Waals surface area contributed by atoms with Crippen molar-refractivity contribution < 1.29 is 9.47 Å². The predicted octanol–water partition coefficient (Wildman–Crippen LogP) is 2.48. The van der Waals surface area contributed by atoms with E-state index in [1.165, 1.54) is 0 Å². The van der Waals surface area contributed by atoms with Crippen molar-refractivity contribution in [2.45, 2.75) is 6.92 Å². The highest BCUT2D eigenvalue weighted by Crippen LogP contribution is 2.37. The summed E-state index contributed by atoms with van der Waals surface area (Å²) >= 11 is 6.13. The molecule has 0 spiro atoms. The van der Waals surface area contributed by atoms with Crippen molar-refractivity contribution in [1.29, 1.82) is 0 Å². The lowest BCUT2D eigenvalue weighted by Gasteiger charge is -2.14. The Balaban J connectivity index is 2.39. The van der Waals surface area contributed by atoms with Crippen molar-refractivity contribution in [2.24, 2.45) is 5.84 Å². The topological polar surface area (TPSA) is 94.3 Å². The molecule has 0 bridgehead atoms. The third-order valence-electron chi connectivity index (χ3n) is 2.72. The van der Waals surface area contributed by atoms with Gasteiger partial charge in [-0.3, -0.25) is 5.43 Å². The summed E-state index contributed by atoms with van der Waals surface area (Å²) in [6.07, 6.45) is 0. The fourth-order valence-corrected chi connectivity index (χ4v) is 2.03. The van der Waals surface area contributed by atoms with Gasteiger partial charge in [0.2, 0.25) is 5.95 Å². The van der Waals surface area contributed by atoms with Crippen LogP contribution in [0, 0.1) is 6.92 Å². The number of nitrogen functional groups attached to an aromatic ring is 1. The Morgan fingerprint density at radius 2 is 1.81 bits per heavy atom. The highest BCUT2D eigenvalue weighted by atomic mass is 35.5. The van der Waals surface area contributed by atoms with Crippen LogP contribution in [0.25, 0.3) is 0 Å². The van der Waals surface area contributed by atoms with Crippen LogP contribution in [0.4, 0.5) is 17.5 Å². The zero-order chi connectivity index (χ0) is 15.4. The summed E-state index contributed by atoms with van der Waals surface area (Å²) in [7, 11) is 3.10. The Kier molecular flexibility index (Phi) is 4.66. The molecule has 0 unspecified atom stereocenters. The van der Waals surface area contributed by atoms with Gasteiger partial charge in [-0.1, -0.05) is 11.6 Å². The van der Waals surface area contributed by atoms with E-state index in [1.807, 2.05) is 6.92 Å². The average Bonchev–Trinajstić information content (AvgIpc) is 2.47. The van der Waals surface area contributed by atoms with Crippen molar-refractivity contribution in [3.63, 3.8) is 0 Å². The number of benzene rings is 1. The van der Waals surface area contributed by atoms with Gasteiger partial charge in [-0.15, -0.1) is 0 Å². The number of hydrazine groups is 1. The molecule has 0 atom stereocenters. The van der Waals surface area contributed by atoms with E-state index in [-0.39, 0.29) is 0 Å². The molecular formula is C13H16ClN5O2. The zero-order valence-electron chi connectivity index (χ0n) is 11.9. The minimum atomic E-state index is 0.316. The summed E-state index contributed by atoms with van der Waals surface area (Å²) in [6, 6.07) is 5.17. The van der Waals surface area contributed by atoms with Gasteiger partial charge in [-0.05, 0) is 13.0 Å². The largest absolute Gasteiger partial charge is 0.495 e. The number of rotatable bonds is 5. The molecule has 0 aliphatic carbocycles. The quantitative estimate of drug-likeness (QED) is 0.577. The minimum absolute atomic E-state index is 0.316. The molecule has 1 aromatic heterocycles. The van der Waals surface area contributed by atoms with Crippen LogP contribution in [0.3, 0.4) is 0 Å². The van der Waals surface area contributed by atoms with Gasteiger partial charge in [-0.2, -0.15) is 4.98 Å². The van der Waals surface area contributed by atoms with Gasteiger partial charge in [0.15, 0.2) is 0 Å². The Morgan fingerprint density at radius 1 is 1.10 bits per heavy atom. The molecule has 1 heterocycles. The summed E-state index contributed by atoms with van der Waals surface area (Å²) in [5.74, 6) is 7.32. The number of halogens is 1. The van der Waals surface area contributed by atoms with Crippen molar-refractivity contribution in [3.8, 4) is 11.5 Å². The number of hydrogen-bond donors (Lipinski definition) is 3. The van der Waals surface area contributed by atoms with E-state index < -0.39 is 0 Å². The van der Waals surface area contributed by atoms with E-state index in [0.29, 0.717) is 34.0 Å². The lowest BCUT2D eigenvalue weighted by atomic mass is 10.2. The van der Waals surface area contributed by atoms with Crippen molar-refractivity contribution in [1.82, 2.24) is 9.97 Å². The maximum absolute atomic E-state index is 6.13. The van der Waals surface area contributed by atoms with Crippen LogP contribution in [0.5, 0.6) is 11.5 Å². The fraction of sp³-hybridized carbons (Fsp3) is 0.231. The summed E-state index contributed by atoms with van der Waals surface area (Å²) in [5.41, 5.74) is 3.83. The van der Waals surface area contributed by atoms with Crippen LogP contribution in [0.15, 0.2) is 18.2 Å². The van der Waals surface area contributed by atoms with Gasteiger partial charge in [0.25, 0.3) is 0 Å². The maximum Gasteiger partial charge on any atom is 0.239 e. The third-order valence-corrected chi connectivity index (χ3v) is 3.02. The first-order chi connectivity index (χ1) is 10.1. The number of nitrogens with zero attached hydrogens (tertiary/aromatic N) is 2. The van der Waals surface area contributed by atoms with E-state index >= 15 is 0 Å². The molecular weight excluding hydrogens is 294 g/mol. The average molecular weight is 310 g/mol. The van der Waals surface area contributed by atoms with Crippen LogP contribution in [-0.4, -0.2) is 24.2 Å². The Morgan fingerprint density at radius 3 is 2.43 bits per heavy atom. The molecule has 0 radical (unpaired) electrons. The first-order valence-electron chi connectivity index (χ1n) is 6.08. The molecule has 0 saturated heterocycles. The number of anilines is 3. The Bertz CT molecular complexity index is 651. The molecule has 2 aromatic rings. The normalized spacial score (nSPS) is 10.1. The molecule has 8 heteroatoms. The van der Waals surface area contributed by atoms with Crippen LogP contribution in [-0.2, 0) is 0 Å². The first-order valence-corrected chi connectivity index (χ1v) is 6.46. The maximum atomic E-state index is 6.13. The number of methoxy groups -OCH3 is 2. The Labute approximate surface area is 127 Å². The van der Waals surface area contributed by atoms with Crippen molar-refractivity contribution in [3.05, 3.63) is 28.9 Å². The second-order valence-corrected chi connectivity index (χ2v) is 4.58. The number of aromatic nitrogens is 2. The van der Waals surface area contributed by atoms with Gasteiger partial charge in [-0.25, -0.2) is 10.8 Å². The van der Waals surface area contributed by atoms with E-state index in [1.54, 1.807) is 32.4 Å². The van der Waals surface area contributed by atoms with Crippen LogP contribution < -0.4 is 26.1 Å². The van der Waals surface area contributed by atoms with Crippen molar-refractivity contribution in [2.75, 3.05) is 25.0 Å². The molecule has 0 aliphatic rings. The second-order valence-electron chi connectivity index (χ2n) is 4.17. The van der Waals surface area contributed by atoms with E-state index in [4.69, 9.17) is 26.9 Å². The van der Waals surface area contributed by atoms with Gasteiger partial charge in [0, 0.05) is 17.8 Å². The lowest BCUT2D eigenvalue weighted by Crippen LogP contribution is -2.12. The molecule has 0 fully saturated rings. The van der Waals surface area contributed by atoms with Gasteiger partial charge < -0.3 is 14.8 Å². The molecule has 112 valence electrons. The fourth-order valence-electron chi connectivity index (χ4n) is 1.79. The lowest BCUT2D eigenvalue weighted by molar-refractivity contribution is 0.396. The second kappa shape index (κ2) is 6.47. The molecule has 7 nitrogen and oxygen atoms in total. The first kappa shape index (κ1) is 15.1. The minimum Gasteiger partial charge on any atom is -0.495 e. The summed E-state index contributed by atoms with van der Waals surface area (Å²) in [6.45, 7) is 1.84. The molecule has 21 heavy (non-hydrogen) atoms. The molecule has 0 aliphatic heterocycles. The van der Waals surface area contributed by atoms with Crippen LogP contribution in [0.1, 0.15) is 5.69 Å². The molecule has 1 aromatic carbocycles. The van der Waals surface area contributed by atoms with Crippen LogP contribution >= 0.6 is 11.6 Å². The number of nitrogens with one attached hydrogen (secondary N) is 2. The highest BCUT2D eigenvalue weighted by Gasteiger charge is 2.11. The van der Waals surface area contributed by atoms with Crippen molar-refractivity contribution >= 4 is 29.1 Å². The van der Waals surface area contributed by atoms with Gasteiger partial charge in [0.05, 0.1) is 24.9 Å². The Hall–Kier alpha value is -2.25. The SMILES string of the molecule is COc1cc(OC)c(Nc2cc(C)nc(NN)n2)cc1Cl. The summed E-state index contributed by atoms with van der Waals surface area (Å²) < 4.78 is 10.5. The summed E-state index contributed by atoms with van der Waals surface area (Å²) in [5, 5.41) is 3.58. The van der Waals surface area contributed by atoms with E-state index in [9.17, 15) is 0 Å². The number of aryl methyl sites for hydroxylation is 1. The molecule has 0 amide bonds. The van der Waals surface area contributed by atoms with Gasteiger partial charge >= 0.3 is 0 Å². The van der Waals surface area contributed by atoms with E-state index in [2.05, 4.69) is 20.7 Å². The van der Waals surface area contributed by atoms with E-state index in [0.717, 1.165) is 5.69 Å². The summed E-state index contributed by atoms with van der Waals surface area (Å²) in [4.78, 5) is 8.32. The molecule has 4 N–H and O–H groups in total. The number of ether oxygens (including phenoxy) is 2. The standard InChI is InChI=1S/C13H16ClN5O2/c1-7-4-12(18-13(16-7)19-15)17-9-5-8(14)10(20-2)6-11(9)21-3/h4-6H,15H2,1-3H3,(H2,16,17,18,19). The smallest absolute Gasteiger partial charge is 0.239 e. The third kappa shape index (κ3) is 3.45. The highest BCUT2D eigenvalue weighted by molar-refractivity contribution is 6.32. The number of hydrogen-bond acceptors (Lipinski definition) is 7. The van der Waals surface area contributed by atoms with Crippen LogP contribution in [0.2, 0.25) is 5.02 Å². The molecule has 0 saturated carbocycles. The monoisotopic (exact) mass is 309 g/mol. The predicted molar refractivity (Wildman–Crippen MR) is 82.4 cm³/mol. The number of nitrogens with two attached hydrogens (primary N) is 1.